The first-order valence-electron chi connectivity index (χ1n) is 14.7. The summed E-state index contributed by atoms with van der Waals surface area (Å²) in [4.78, 5) is 0. The molecule has 4 aromatic rings. The van der Waals surface area contributed by atoms with Gasteiger partial charge in [-0.3, -0.25) is 0 Å². The van der Waals surface area contributed by atoms with Crippen LogP contribution in [0.4, 0.5) is 0 Å². The van der Waals surface area contributed by atoms with Gasteiger partial charge in [-0.2, -0.15) is 31.6 Å². The first-order chi connectivity index (χ1) is 22.9. The second-order valence-corrected chi connectivity index (χ2v) is 11.9. The molecule has 0 aliphatic heterocycles. The topological polar surface area (TPSA) is 143 Å². The number of nitriles is 6. The molecule has 4 aromatic carbocycles. The van der Waals surface area contributed by atoms with Crippen LogP contribution in [0.15, 0.2) is 108 Å². The van der Waals surface area contributed by atoms with E-state index >= 15 is 0 Å². The highest BCUT2D eigenvalue weighted by atomic mass is 14.4. The van der Waals surface area contributed by atoms with Gasteiger partial charge in [-0.05, 0) is 110 Å². The minimum Gasteiger partial charge on any atom is -0.192 e. The van der Waals surface area contributed by atoms with Gasteiger partial charge >= 0.3 is 0 Å². The Labute approximate surface area is 271 Å². The first-order valence-corrected chi connectivity index (χ1v) is 14.7. The van der Waals surface area contributed by atoms with Crippen LogP contribution < -0.4 is 0 Å². The smallest absolute Gasteiger partial charge is 0.138 e. The van der Waals surface area contributed by atoms with Crippen LogP contribution in [-0.4, -0.2) is 0 Å². The van der Waals surface area contributed by atoms with E-state index in [-0.39, 0.29) is 11.1 Å². The second-order valence-electron chi connectivity index (χ2n) is 11.9. The lowest BCUT2D eigenvalue weighted by Gasteiger charge is -2.31. The van der Waals surface area contributed by atoms with E-state index in [0.29, 0.717) is 28.7 Å². The van der Waals surface area contributed by atoms with Crippen LogP contribution in [0.3, 0.4) is 0 Å². The van der Waals surface area contributed by atoms with Gasteiger partial charge in [-0.1, -0.05) is 55.5 Å². The van der Waals surface area contributed by atoms with Gasteiger partial charge in [0.2, 0.25) is 0 Å². The van der Waals surface area contributed by atoms with E-state index in [2.05, 4.69) is 49.4 Å². The van der Waals surface area contributed by atoms with Crippen molar-refractivity contribution in [2.75, 3.05) is 0 Å². The Hall–Kier alpha value is -7.22. The molecule has 0 spiro atoms. The van der Waals surface area contributed by atoms with Crippen LogP contribution in [-0.2, 0) is 5.41 Å². The first kappa shape index (κ1) is 28.5. The summed E-state index contributed by atoms with van der Waals surface area (Å²) >= 11 is 0. The van der Waals surface area contributed by atoms with E-state index in [0.717, 1.165) is 61.2 Å². The summed E-state index contributed by atoms with van der Waals surface area (Å²) in [6.07, 6.45) is 4.62. The summed E-state index contributed by atoms with van der Waals surface area (Å²) in [6.45, 7) is 2.08. The third kappa shape index (κ3) is 4.27. The molecule has 6 heteroatoms. The Morgan fingerprint density at radius 1 is 0.574 bits per heavy atom. The number of hydrogen-bond acceptors (Lipinski definition) is 6. The third-order valence-corrected chi connectivity index (χ3v) is 9.28. The Morgan fingerprint density at radius 2 is 1.17 bits per heavy atom. The Balaban J connectivity index is 1.44. The maximum Gasteiger partial charge on any atom is 0.138 e. The molecule has 0 saturated heterocycles. The number of allylic oxidation sites excluding steroid dienone is 7. The maximum atomic E-state index is 10.1. The van der Waals surface area contributed by atoms with Crippen LogP contribution in [0.5, 0.6) is 0 Å². The molecule has 0 heterocycles. The van der Waals surface area contributed by atoms with Crippen molar-refractivity contribution in [3.63, 3.8) is 0 Å². The van der Waals surface area contributed by atoms with Crippen LogP contribution in [0, 0.1) is 68.0 Å². The molecule has 0 fully saturated rings. The highest BCUT2D eigenvalue weighted by Crippen LogP contribution is 2.56. The lowest BCUT2D eigenvalue weighted by Crippen LogP contribution is -2.22. The monoisotopic (exact) mass is 596 g/mol. The predicted octanol–water partition coefficient (Wildman–Crippen LogP) is 8.41. The fraction of sp³-hybridized carbons (Fsp3) is 0.0732. The Morgan fingerprint density at radius 3 is 1.87 bits per heavy atom. The lowest BCUT2D eigenvalue weighted by molar-refractivity contribution is 0.592. The van der Waals surface area contributed by atoms with Crippen molar-refractivity contribution in [1.82, 2.24) is 0 Å². The molecule has 0 N–H and O–H groups in total. The predicted molar refractivity (Wildman–Crippen MR) is 177 cm³/mol. The number of hydrogen-bond donors (Lipinski definition) is 0. The van der Waals surface area contributed by atoms with E-state index in [1.54, 1.807) is 18.2 Å². The zero-order valence-electron chi connectivity index (χ0n) is 25.1. The zero-order valence-corrected chi connectivity index (χ0v) is 25.1. The molecule has 47 heavy (non-hydrogen) atoms. The molecule has 1 unspecified atom stereocenters. The molecule has 214 valence electrons. The van der Waals surface area contributed by atoms with Gasteiger partial charge in [0, 0.05) is 16.6 Å². The number of rotatable bonds is 2. The molecule has 0 amide bonds. The summed E-state index contributed by atoms with van der Waals surface area (Å²) in [5.74, 6) is 0. The Bertz CT molecular complexity index is 2480. The lowest BCUT2D eigenvalue weighted by atomic mass is 9.72. The van der Waals surface area contributed by atoms with Crippen LogP contribution in [0.25, 0.3) is 39.0 Å². The Kier molecular flexibility index (Phi) is 6.52. The molecule has 7 rings (SSSR count). The van der Waals surface area contributed by atoms with Crippen LogP contribution in [0.1, 0.15) is 52.3 Å². The van der Waals surface area contributed by atoms with E-state index in [1.165, 1.54) is 0 Å². The van der Waals surface area contributed by atoms with E-state index in [4.69, 9.17) is 0 Å². The summed E-state index contributed by atoms with van der Waals surface area (Å²) in [5, 5.41) is 59.3. The summed E-state index contributed by atoms with van der Waals surface area (Å²) in [5.41, 5.74) is 10.7. The molecule has 3 aliphatic carbocycles. The average Bonchev–Trinajstić information content (AvgIpc) is 3.59. The van der Waals surface area contributed by atoms with Gasteiger partial charge < -0.3 is 0 Å². The molecular formula is C41H20N6. The minimum atomic E-state index is -0.497. The van der Waals surface area contributed by atoms with Crippen molar-refractivity contribution in [3.05, 3.63) is 147 Å². The number of fused-ring (bicyclic) bond motifs is 5. The highest BCUT2D eigenvalue weighted by molar-refractivity contribution is 6.12. The summed E-state index contributed by atoms with van der Waals surface area (Å²) in [7, 11) is 0. The minimum absolute atomic E-state index is 0.0103. The SMILES string of the molecule is CC1(c2cccc(C#N)c2)C=CC2=C(C1)C(=C(C#N)C#N)c1cc3c(cc12)C(=C(C#N)C#N)c1cc(-c2cccc(C#N)c2)ccc1-3. The molecule has 0 aromatic heterocycles. The number of benzene rings is 4. The van der Waals surface area contributed by atoms with Gasteiger partial charge in [0.05, 0.1) is 23.3 Å². The van der Waals surface area contributed by atoms with E-state index in [9.17, 15) is 31.6 Å². The molecule has 6 nitrogen and oxygen atoms in total. The van der Waals surface area contributed by atoms with Gasteiger partial charge in [-0.15, -0.1) is 0 Å². The number of nitrogens with zero attached hydrogens (tertiary/aromatic N) is 6. The van der Waals surface area contributed by atoms with Crippen molar-refractivity contribution >= 4 is 16.7 Å². The highest BCUT2D eigenvalue weighted by Gasteiger charge is 2.39. The normalized spacial score (nSPS) is 16.2. The van der Waals surface area contributed by atoms with Crippen molar-refractivity contribution in [2.24, 2.45) is 0 Å². The standard InChI is InChI=1S/C41H20N6/c1-41(30-7-3-5-25(13-30)19-43)11-10-32-34-16-36-33(15-37(34)40(38(32)17-41)29(22-46)23-47)31-9-8-27(26-6-2-4-24(12-26)18-42)14-35(31)39(36)28(20-44)21-45/h2-16H,17H2,1H3. The van der Waals surface area contributed by atoms with E-state index in [1.807, 2.05) is 66.7 Å². The van der Waals surface area contributed by atoms with Gasteiger partial charge in [0.1, 0.15) is 35.4 Å². The van der Waals surface area contributed by atoms with Crippen molar-refractivity contribution in [2.45, 2.75) is 18.8 Å². The molecule has 1 atom stereocenters. The largest absolute Gasteiger partial charge is 0.192 e. The fourth-order valence-corrected chi connectivity index (χ4v) is 7.04. The summed E-state index contributed by atoms with van der Waals surface area (Å²) < 4.78 is 0. The maximum absolute atomic E-state index is 10.1. The molecule has 3 aliphatic rings. The summed E-state index contributed by atoms with van der Waals surface area (Å²) in [6, 6.07) is 37.3. The molecule has 0 radical (unpaired) electrons. The average molecular weight is 597 g/mol. The van der Waals surface area contributed by atoms with Gasteiger partial charge in [0.15, 0.2) is 0 Å². The van der Waals surface area contributed by atoms with Crippen molar-refractivity contribution in [3.8, 4) is 58.7 Å². The third-order valence-electron chi connectivity index (χ3n) is 9.28. The quantitative estimate of drug-likeness (QED) is 0.187. The second kappa shape index (κ2) is 10.7. The van der Waals surface area contributed by atoms with Crippen molar-refractivity contribution < 1.29 is 0 Å². The van der Waals surface area contributed by atoms with Crippen LogP contribution in [0.2, 0.25) is 0 Å². The van der Waals surface area contributed by atoms with E-state index < -0.39 is 5.41 Å². The van der Waals surface area contributed by atoms with Gasteiger partial charge in [-0.25, -0.2) is 0 Å². The zero-order chi connectivity index (χ0) is 32.9. The molecular weight excluding hydrogens is 576 g/mol. The van der Waals surface area contributed by atoms with Gasteiger partial charge in [0.25, 0.3) is 0 Å². The fourth-order valence-electron chi connectivity index (χ4n) is 7.04. The van der Waals surface area contributed by atoms with Crippen LogP contribution >= 0.6 is 0 Å². The molecule has 0 bridgehead atoms. The van der Waals surface area contributed by atoms with Crippen molar-refractivity contribution in [1.29, 1.82) is 31.6 Å². The molecule has 0 saturated carbocycles.